The molecule has 2 aromatic carbocycles. The van der Waals surface area contributed by atoms with Gasteiger partial charge in [0, 0.05) is 30.2 Å². The summed E-state index contributed by atoms with van der Waals surface area (Å²) in [6.45, 7) is 0.863. The van der Waals surface area contributed by atoms with Gasteiger partial charge in [-0.1, -0.05) is 48.5 Å². The number of nitrogens with zero attached hydrogens (tertiary/aromatic N) is 1. The number of likely N-dealkylation sites (tertiary alicyclic amines) is 1. The minimum Gasteiger partial charge on any atom is -0.368 e. The van der Waals surface area contributed by atoms with E-state index in [-0.39, 0.29) is 12.3 Å². The van der Waals surface area contributed by atoms with Gasteiger partial charge in [0.25, 0.3) is 5.91 Å². The number of amides is 1. The highest BCUT2D eigenvalue weighted by Gasteiger charge is 2.61. The second kappa shape index (κ2) is 9.02. The molecule has 1 saturated carbocycles. The summed E-state index contributed by atoms with van der Waals surface area (Å²) in [6, 6.07) is 11.4. The summed E-state index contributed by atoms with van der Waals surface area (Å²) in [4.78, 5) is 15.0. The van der Waals surface area contributed by atoms with Crippen LogP contribution in [0.1, 0.15) is 31.2 Å². The Morgan fingerprint density at radius 2 is 1.91 bits per heavy atom. The molecule has 1 spiro atoms. The Labute approximate surface area is 198 Å². The number of sulfonamides is 1. The highest BCUT2D eigenvalue weighted by atomic mass is 32.2. The van der Waals surface area contributed by atoms with Crippen molar-refractivity contribution in [2.75, 3.05) is 19.2 Å². The molecule has 1 N–H and O–H groups in total. The van der Waals surface area contributed by atoms with Crippen molar-refractivity contribution in [1.82, 2.24) is 9.62 Å². The van der Waals surface area contributed by atoms with Crippen molar-refractivity contribution in [3.05, 3.63) is 59.9 Å². The molecule has 6 nitrogen and oxygen atoms in total. The van der Waals surface area contributed by atoms with Gasteiger partial charge in [-0.05, 0) is 43.2 Å². The van der Waals surface area contributed by atoms with E-state index in [1.807, 2.05) is 30.3 Å². The predicted molar refractivity (Wildman–Crippen MR) is 124 cm³/mol. The van der Waals surface area contributed by atoms with E-state index < -0.39 is 45.4 Å². The van der Waals surface area contributed by atoms with Gasteiger partial charge in [-0.2, -0.15) is 0 Å². The Kier molecular flexibility index (Phi) is 6.20. The van der Waals surface area contributed by atoms with Crippen molar-refractivity contribution in [3.63, 3.8) is 0 Å². The highest BCUT2D eigenvalue weighted by Crippen LogP contribution is 2.56. The molecular formula is C25H28F2N2O4S. The quantitative estimate of drug-likeness (QED) is 0.646. The number of hydrogen-bond donors (Lipinski definition) is 1. The number of benzene rings is 2. The van der Waals surface area contributed by atoms with Crippen LogP contribution in [0.4, 0.5) is 8.78 Å². The molecule has 0 radical (unpaired) electrons. The SMILES string of the molecule is O=C(C1CCCO1)N1CC2(CC2)[C@H](NS(=O)(=O)CF)[C@@H]1Cc1cccc(-c2ccccc2)c1F. The van der Waals surface area contributed by atoms with Gasteiger partial charge in [-0.25, -0.2) is 21.9 Å². The fourth-order valence-corrected chi connectivity index (χ4v) is 6.29. The summed E-state index contributed by atoms with van der Waals surface area (Å²) in [5, 5.41) is 0. The average molecular weight is 491 g/mol. The van der Waals surface area contributed by atoms with E-state index in [1.54, 1.807) is 23.1 Å². The first-order chi connectivity index (χ1) is 16.3. The topological polar surface area (TPSA) is 75.7 Å². The summed E-state index contributed by atoms with van der Waals surface area (Å²) < 4.78 is 61.5. The summed E-state index contributed by atoms with van der Waals surface area (Å²) in [6.07, 6.45) is 2.39. The van der Waals surface area contributed by atoms with Crippen LogP contribution in [0.5, 0.6) is 0 Å². The van der Waals surface area contributed by atoms with Crippen LogP contribution in [-0.4, -0.2) is 56.6 Å². The molecular weight excluding hydrogens is 462 g/mol. The summed E-state index contributed by atoms with van der Waals surface area (Å²) >= 11 is 0. The van der Waals surface area contributed by atoms with E-state index >= 15 is 4.39 Å². The van der Waals surface area contributed by atoms with Crippen LogP contribution in [0.3, 0.4) is 0 Å². The maximum atomic E-state index is 15.7. The number of ether oxygens (including phenoxy) is 1. The van der Waals surface area contributed by atoms with Crippen molar-refractivity contribution in [2.24, 2.45) is 5.41 Å². The molecule has 1 amide bonds. The fraction of sp³-hybridized carbons (Fsp3) is 0.480. The summed E-state index contributed by atoms with van der Waals surface area (Å²) in [5.74, 6) is -0.600. The molecule has 3 atom stereocenters. The maximum Gasteiger partial charge on any atom is 0.252 e. The van der Waals surface area contributed by atoms with Gasteiger partial charge < -0.3 is 9.64 Å². The number of hydrogen-bond acceptors (Lipinski definition) is 4. The van der Waals surface area contributed by atoms with E-state index in [0.717, 1.165) is 24.8 Å². The van der Waals surface area contributed by atoms with Gasteiger partial charge in [0.2, 0.25) is 16.0 Å². The van der Waals surface area contributed by atoms with Crippen LogP contribution in [0, 0.1) is 11.2 Å². The lowest BCUT2D eigenvalue weighted by Gasteiger charge is -2.30. The van der Waals surface area contributed by atoms with Gasteiger partial charge in [-0.3, -0.25) is 4.79 Å². The summed E-state index contributed by atoms with van der Waals surface area (Å²) in [5.41, 5.74) is 1.11. The zero-order valence-electron chi connectivity index (χ0n) is 18.8. The largest absolute Gasteiger partial charge is 0.368 e. The third-order valence-corrected chi connectivity index (χ3v) is 8.25. The van der Waals surface area contributed by atoms with E-state index in [1.165, 1.54) is 0 Å². The Hall–Kier alpha value is -2.36. The lowest BCUT2D eigenvalue weighted by atomic mass is 9.91. The standard InChI is InChI=1S/C25H28F2N2O4S/c26-16-34(31,32)28-23-20(29(15-25(23)11-12-25)24(30)21-10-5-13-33-21)14-18-8-4-9-19(22(18)27)17-6-2-1-3-7-17/h1-4,6-9,20-21,23,28H,5,10-16H2/t20-,21?,23+/m0/s1. The zero-order chi connectivity index (χ0) is 23.9. The smallest absolute Gasteiger partial charge is 0.252 e. The average Bonchev–Trinajstić information content (AvgIpc) is 3.29. The van der Waals surface area contributed by atoms with Crippen LogP contribution in [0.15, 0.2) is 48.5 Å². The molecule has 5 rings (SSSR count). The van der Waals surface area contributed by atoms with Crippen molar-refractivity contribution in [1.29, 1.82) is 0 Å². The molecule has 182 valence electrons. The lowest BCUT2D eigenvalue weighted by Crippen LogP contribution is -2.51. The van der Waals surface area contributed by atoms with Crippen LogP contribution in [-0.2, 0) is 26.0 Å². The second-order valence-corrected chi connectivity index (χ2v) is 11.2. The molecule has 1 unspecified atom stereocenters. The van der Waals surface area contributed by atoms with E-state index in [4.69, 9.17) is 4.74 Å². The minimum atomic E-state index is -4.17. The molecule has 0 aromatic heterocycles. The van der Waals surface area contributed by atoms with Gasteiger partial charge in [0.15, 0.2) is 0 Å². The first-order valence-electron chi connectivity index (χ1n) is 11.6. The van der Waals surface area contributed by atoms with Crippen LogP contribution < -0.4 is 4.72 Å². The molecule has 34 heavy (non-hydrogen) atoms. The molecule has 2 heterocycles. The number of nitrogens with one attached hydrogen (secondary N) is 1. The molecule has 3 aliphatic rings. The van der Waals surface area contributed by atoms with Gasteiger partial charge in [0.1, 0.15) is 11.9 Å². The number of alkyl halides is 1. The molecule has 3 fully saturated rings. The Morgan fingerprint density at radius 3 is 2.56 bits per heavy atom. The van der Waals surface area contributed by atoms with Gasteiger partial charge in [0.05, 0.1) is 6.04 Å². The lowest BCUT2D eigenvalue weighted by molar-refractivity contribution is -0.142. The molecule has 9 heteroatoms. The number of halogens is 2. The minimum absolute atomic E-state index is 0.117. The Balaban J connectivity index is 1.51. The number of carbonyl (C=O) groups is 1. The molecule has 0 bridgehead atoms. The first-order valence-corrected chi connectivity index (χ1v) is 13.3. The monoisotopic (exact) mass is 490 g/mol. The van der Waals surface area contributed by atoms with E-state index in [2.05, 4.69) is 4.72 Å². The summed E-state index contributed by atoms with van der Waals surface area (Å²) in [7, 11) is -4.17. The van der Waals surface area contributed by atoms with Crippen LogP contribution in [0.2, 0.25) is 0 Å². The van der Waals surface area contributed by atoms with Crippen molar-refractivity contribution < 1.29 is 26.7 Å². The molecule has 1 aliphatic carbocycles. The first kappa shape index (κ1) is 23.4. The fourth-order valence-electron chi connectivity index (χ4n) is 5.43. The maximum absolute atomic E-state index is 15.7. The van der Waals surface area contributed by atoms with E-state index in [0.29, 0.717) is 30.7 Å². The molecule has 2 aliphatic heterocycles. The second-order valence-electron chi connectivity index (χ2n) is 9.57. The Bertz CT molecular complexity index is 1160. The molecule has 2 aromatic rings. The van der Waals surface area contributed by atoms with Gasteiger partial charge in [-0.15, -0.1) is 0 Å². The third-order valence-electron chi connectivity index (χ3n) is 7.35. The van der Waals surface area contributed by atoms with Crippen LogP contribution in [0.25, 0.3) is 11.1 Å². The van der Waals surface area contributed by atoms with Crippen molar-refractivity contribution >= 4 is 15.9 Å². The van der Waals surface area contributed by atoms with Crippen molar-refractivity contribution in [2.45, 2.75) is 50.3 Å². The van der Waals surface area contributed by atoms with Crippen LogP contribution >= 0.6 is 0 Å². The third kappa shape index (κ3) is 4.36. The number of rotatable bonds is 7. The van der Waals surface area contributed by atoms with Crippen molar-refractivity contribution in [3.8, 4) is 11.1 Å². The zero-order valence-corrected chi connectivity index (χ0v) is 19.6. The molecule has 2 saturated heterocycles. The van der Waals surface area contributed by atoms with E-state index in [9.17, 15) is 17.6 Å². The number of carbonyl (C=O) groups excluding carboxylic acids is 1. The normalized spacial score (nSPS) is 25.7. The Morgan fingerprint density at radius 1 is 1.15 bits per heavy atom. The highest BCUT2D eigenvalue weighted by molar-refractivity contribution is 7.89. The van der Waals surface area contributed by atoms with Gasteiger partial charge >= 0.3 is 0 Å². The predicted octanol–water partition coefficient (Wildman–Crippen LogP) is 3.42.